The van der Waals surface area contributed by atoms with Crippen molar-refractivity contribution in [2.75, 3.05) is 26.8 Å². The van der Waals surface area contributed by atoms with E-state index in [1.54, 1.807) is 76.2 Å². The molecule has 0 aromatic carbocycles. The Morgan fingerprint density at radius 2 is 0.929 bits per heavy atom. The average molecular weight is 782 g/mol. The molecule has 0 aliphatic carbocycles. The normalized spacial score (nSPS) is 16.5. The summed E-state index contributed by atoms with van der Waals surface area (Å²) >= 11 is 0. The summed E-state index contributed by atoms with van der Waals surface area (Å²) in [6.07, 6.45) is 1.36. The lowest BCUT2D eigenvalue weighted by Crippen LogP contribution is -2.38. The van der Waals surface area contributed by atoms with Gasteiger partial charge < -0.3 is 45.5 Å². The number of carbonyl (C=O) groups excluding carboxylic acids is 6. The summed E-state index contributed by atoms with van der Waals surface area (Å²) in [4.78, 5) is 77.5. The molecule has 308 valence electrons. The first kappa shape index (κ1) is 45.1. The van der Waals surface area contributed by atoms with Gasteiger partial charge in [-0.25, -0.2) is 19.2 Å². The van der Waals surface area contributed by atoms with E-state index in [4.69, 9.17) is 18.9 Å². The molecule has 5 N–H and O–H groups in total. The average Bonchev–Trinajstić information content (AvgIpc) is 3.09. The Bertz CT molecular complexity index is 1840. The Morgan fingerprint density at radius 3 is 1.38 bits per heavy atom. The van der Waals surface area contributed by atoms with Crippen molar-refractivity contribution in [3.05, 3.63) is 67.6 Å². The van der Waals surface area contributed by atoms with Crippen LogP contribution in [0.1, 0.15) is 115 Å². The van der Waals surface area contributed by atoms with E-state index in [0.717, 1.165) is 0 Å². The molecule has 3 heterocycles. The van der Waals surface area contributed by atoms with Gasteiger partial charge in [0.05, 0.1) is 35.5 Å². The maximum absolute atomic E-state index is 13.5. The van der Waals surface area contributed by atoms with Gasteiger partial charge >= 0.3 is 23.9 Å². The molecule has 0 aromatic heterocycles. The Labute approximate surface area is 329 Å². The standard InChI is InChI=1S/C41H59N5O10/c1-13-53-36(49)30-20-31(25(5)45-24(30)4)37(50)54-18-14-15-40(8,9)55-38(51)32-21-33(27(7)46-26(32)6)39(52)56-41(10,11)16-17-43-35(48)29-19-28(34(47)42-12)22(2)44-23(29)3/h44-46H,13-21H2,1-12H3,(H,42,47)(H,43,48). The van der Waals surface area contributed by atoms with E-state index in [1.807, 2.05) is 0 Å². The van der Waals surface area contributed by atoms with Gasteiger partial charge in [-0.2, -0.15) is 0 Å². The zero-order valence-corrected chi connectivity index (χ0v) is 34.9. The quantitative estimate of drug-likeness (QED) is 0.0840. The lowest BCUT2D eigenvalue weighted by molar-refractivity contribution is -0.154. The van der Waals surface area contributed by atoms with E-state index in [9.17, 15) is 28.8 Å². The van der Waals surface area contributed by atoms with E-state index in [-0.39, 0.29) is 62.0 Å². The number of rotatable bonds is 16. The summed E-state index contributed by atoms with van der Waals surface area (Å²) in [5.41, 5.74) is 4.00. The molecule has 56 heavy (non-hydrogen) atoms. The molecule has 0 aromatic rings. The second-order valence-corrected chi connectivity index (χ2v) is 15.4. The number of hydrogen-bond acceptors (Lipinski definition) is 13. The molecular weight excluding hydrogens is 722 g/mol. The van der Waals surface area contributed by atoms with E-state index in [0.29, 0.717) is 75.7 Å². The zero-order chi connectivity index (χ0) is 42.1. The Balaban J connectivity index is 1.50. The Kier molecular flexibility index (Phi) is 15.3. The first-order valence-corrected chi connectivity index (χ1v) is 18.9. The molecule has 0 atom stereocenters. The number of hydrogen-bond donors (Lipinski definition) is 5. The number of carbonyl (C=O) groups is 6. The number of esters is 4. The third-order valence-corrected chi connectivity index (χ3v) is 9.84. The first-order valence-electron chi connectivity index (χ1n) is 18.9. The van der Waals surface area contributed by atoms with Crippen molar-refractivity contribution < 1.29 is 47.7 Å². The zero-order valence-electron chi connectivity index (χ0n) is 34.9. The number of allylic oxidation sites excluding steroid dienone is 6. The molecule has 3 aliphatic heterocycles. The van der Waals surface area contributed by atoms with Crippen molar-refractivity contribution in [1.29, 1.82) is 0 Å². The van der Waals surface area contributed by atoms with Crippen molar-refractivity contribution >= 4 is 35.7 Å². The largest absolute Gasteiger partial charge is 0.463 e. The maximum Gasteiger partial charge on any atom is 0.336 e. The molecule has 15 nitrogen and oxygen atoms in total. The number of likely N-dealkylation sites (N-methyl/N-ethyl adjacent to an activating group) is 1. The fraction of sp³-hybridized carbons (Fsp3) is 0.561. The molecular formula is C41H59N5O10. The first-order chi connectivity index (χ1) is 26.1. The van der Waals surface area contributed by atoms with Crippen LogP contribution in [-0.2, 0) is 47.7 Å². The molecule has 0 saturated heterocycles. The van der Waals surface area contributed by atoms with Gasteiger partial charge in [0.1, 0.15) is 11.2 Å². The van der Waals surface area contributed by atoms with Gasteiger partial charge in [-0.3, -0.25) is 9.59 Å². The predicted molar refractivity (Wildman–Crippen MR) is 208 cm³/mol. The summed E-state index contributed by atoms with van der Waals surface area (Å²) < 4.78 is 22.4. The van der Waals surface area contributed by atoms with Crippen LogP contribution in [-0.4, -0.2) is 73.7 Å². The number of nitrogens with one attached hydrogen (secondary N) is 5. The van der Waals surface area contributed by atoms with Gasteiger partial charge in [0.2, 0.25) is 11.8 Å². The minimum absolute atomic E-state index is 0.00587. The topological polar surface area (TPSA) is 199 Å². The van der Waals surface area contributed by atoms with E-state index < -0.39 is 35.1 Å². The lowest BCUT2D eigenvalue weighted by atomic mass is 9.96. The van der Waals surface area contributed by atoms with Gasteiger partial charge in [0, 0.05) is 84.6 Å². The van der Waals surface area contributed by atoms with Gasteiger partial charge in [-0.15, -0.1) is 0 Å². The van der Waals surface area contributed by atoms with Gasteiger partial charge in [-0.05, 0) is 89.0 Å². The van der Waals surface area contributed by atoms with Crippen LogP contribution in [0.3, 0.4) is 0 Å². The van der Waals surface area contributed by atoms with Crippen molar-refractivity contribution in [2.45, 2.75) is 126 Å². The van der Waals surface area contributed by atoms with Crippen molar-refractivity contribution in [1.82, 2.24) is 26.6 Å². The molecule has 0 spiro atoms. The highest BCUT2D eigenvalue weighted by Crippen LogP contribution is 2.30. The molecule has 0 unspecified atom stereocenters. The Morgan fingerprint density at radius 1 is 0.554 bits per heavy atom. The van der Waals surface area contributed by atoms with Gasteiger partial charge in [0.25, 0.3) is 0 Å². The molecule has 2 amide bonds. The van der Waals surface area contributed by atoms with Crippen LogP contribution in [0.4, 0.5) is 0 Å². The Hall–Kier alpha value is -5.34. The van der Waals surface area contributed by atoms with Crippen molar-refractivity contribution in [3.8, 4) is 0 Å². The van der Waals surface area contributed by atoms with E-state index in [1.165, 1.54) is 7.05 Å². The lowest BCUT2D eigenvalue weighted by Gasteiger charge is -2.30. The van der Waals surface area contributed by atoms with Crippen molar-refractivity contribution in [2.24, 2.45) is 0 Å². The monoisotopic (exact) mass is 781 g/mol. The highest BCUT2D eigenvalue weighted by molar-refractivity contribution is 6.01. The number of ether oxygens (including phenoxy) is 4. The van der Waals surface area contributed by atoms with Gasteiger partial charge in [-0.1, -0.05) is 0 Å². The van der Waals surface area contributed by atoms with E-state index in [2.05, 4.69) is 26.6 Å². The summed E-state index contributed by atoms with van der Waals surface area (Å²) in [7, 11) is 1.54. The third kappa shape index (κ3) is 11.8. The summed E-state index contributed by atoms with van der Waals surface area (Å²) in [5.74, 6) is -2.80. The molecule has 3 aliphatic rings. The predicted octanol–water partition coefficient (Wildman–Crippen LogP) is 4.39. The van der Waals surface area contributed by atoms with Crippen molar-refractivity contribution in [3.63, 3.8) is 0 Å². The molecule has 3 rings (SSSR count). The van der Waals surface area contributed by atoms with Crippen LogP contribution in [0.2, 0.25) is 0 Å². The fourth-order valence-electron chi connectivity index (χ4n) is 6.45. The summed E-state index contributed by atoms with van der Waals surface area (Å²) in [5, 5.41) is 14.7. The van der Waals surface area contributed by atoms with Gasteiger partial charge in [0.15, 0.2) is 0 Å². The van der Waals surface area contributed by atoms with Crippen LogP contribution in [0, 0.1) is 0 Å². The smallest absolute Gasteiger partial charge is 0.336 e. The second kappa shape index (κ2) is 19.0. The molecule has 0 bridgehead atoms. The molecule has 0 radical (unpaired) electrons. The fourth-order valence-corrected chi connectivity index (χ4v) is 6.45. The third-order valence-electron chi connectivity index (χ3n) is 9.84. The van der Waals surface area contributed by atoms with Crippen LogP contribution in [0.15, 0.2) is 67.6 Å². The second-order valence-electron chi connectivity index (χ2n) is 15.4. The molecule has 0 fully saturated rings. The number of amides is 2. The van der Waals surface area contributed by atoms with Crippen LogP contribution >= 0.6 is 0 Å². The van der Waals surface area contributed by atoms with Crippen LogP contribution in [0.5, 0.6) is 0 Å². The minimum Gasteiger partial charge on any atom is -0.463 e. The highest BCUT2D eigenvalue weighted by Gasteiger charge is 2.34. The highest BCUT2D eigenvalue weighted by atomic mass is 16.6. The van der Waals surface area contributed by atoms with Crippen LogP contribution in [0.25, 0.3) is 0 Å². The summed E-state index contributed by atoms with van der Waals surface area (Å²) in [6, 6.07) is 0. The molecule has 0 saturated carbocycles. The number of dihydropyridines is 3. The SMILES string of the molecule is CCOC(=O)C1=C(C)NC(C)=C(C(=O)OCCCC(C)(C)OC(=O)C2=C(C)NC(C)=C(C(=O)OC(C)(C)CCNC(=O)C3=C(C)NC(C)=C(C(=O)NC)C3)C2)C1. The maximum atomic E-state index is 13.5. The minimum atomic E-state index is -0.973. The summed E-state index contributed by atoms with van der Waals surface area (Å²) in [6.45, 7) is 19.7. The van der Waals surface area contributed by atoms with Crippen LogP contribution < -0.4 is 26.6 Å². The molecule has 15 heteroatoms. The van der Waals surface area contributed by atoms with E-state index >= 15 is 0 Å².